The van der Waals surface area contributed by atoms with Gasteiger partial charge in [0.2, 0.25) is 0 Å². The summed E-state index contributed by atoms with van der Waals surface area (Å²) in [6, 6.07) is 5.97. The summed E-state index contributed by atoms with van der Waals surface area (Å²) in [5, 5.41) is 0.792. The van der Waals surface area contributed by atoms with Crippen molar-refractivity contribution in [2.24, 2.45) is 0 Å². The fraction of sp³-hybridized carbons (Fsp3) is 0.286. The van der Waals surface area contributed by atoms with E-state index in [-0.39, 0.29) is 0 Å². The molecule has 0 aliphatic carbocycles. The highest BCUT2D eigenvalue weighted by atomic mass is 35.5. The number of likely N-dealkylation sites (N-methyl/N-ethyl adjacent to an activating group) is 1. The molecule has 0 saturated heterocycles. The van der Waals surface area contributed by atoms with Gasteiger partial charge in [-0.15, -0.1) is 6.42 Å². The van der Waals surface area contributed by atoms with Crippen LogP contribution in [0.3, 0.4) is 0 Å². The van der Waals surface area contributed by atoms with Crippen molar-refractivity contribution < 1.29 is 4.90 Å². The van der Waals surface area contributed by atoms with E-state index in [1.54, 1.807) is 0 Å². The van der Waals surface area contributed by atoms with Crippen molar-refractivity contribution in [2.75, 3.05) is 20.1 Å². The Kier molecular flexibility index (Phi) is 4.61. The van der Waals surface area contributed by atoms with Crippen molar-refractivity contribution >= 4 is 17.2 Å². The van der Waals surface area contributed by atoms with Gasteiger partial charge in [0.05, 0.1) is 7.05 Å². The van der Waals surface area contributed by atoms with E-state index in [2.05, 4.69) is 25.6 Å². The van der Waals surface area contributed by atoms with Crippen LogP contribution in [0.4, 0.5) is 0 Å². The number of hydrogen-bond acceptors (Lipinski definition) is 0. The molecule has 1 atom stereocenters. The van der Waals surface area contributed by atoms with Crippen LogP contribution in [-0.4, -0.2) is 20.1 Å². The fourth-order valence-corrected chi connectivity index (χ4v) is 1.69. The molecule has 0 fully saturated rings. The van der Waals surface area contributed by atoms with Crippen LogP contribution < -0.4 is 4.90 Å². The van der Waals surface area contributed by atoms with E-state index in [4.69, 9.17) is 18.0 Å². The maximum absolute atomic E-state index is 5.98. The molecule has 0 spiro atoms. The van der Waals surface area contributed by atoms with Crippen LogP contribution in [0, 0.1) is 19.3 Å². The molecular formula is C14H17ClN+. The predicted molar refractivity (Wildman–Crippen MR) is 70.7 cm³/mol. The number of quaternary nitrogens is 1. The second-order valence-corrected chi connectivity index (χ2v) is 4.49. The molecule has 0 saturated carbocycles. The zero-order valence-electron chi connectivity index (χ0n) is 9.81. The Balaban J connectivity index is 2.74. The third-order valence-electron chi connectivity index (χ3n) is 2.49. The quantitative estimate of drug-likeness (QED) is 0.758. The molecule has 0 bridgehead atoms. The Labute approximate surface area is 103 Å². The molecule has 1 nitrogen and oxygen atoms in total. The first-order chi connectivity index (χ1) is 7.54. The second kappa shape index (κ2) is 5.75. The van der Waals surface area contributed by atoms with Gasteiger partial charge in [-0.2, -0.15) is 0 Å². The summed E-state index contributed by atoms with van der Waals surface area (Å²) in [6.45, 7) is 7.65. The number of halogens is 1. The summed E-state index contributed by atoms with van der Waals surface area (Å²) in [7, 11) is 2.06. The van der Waals surface area contributed by atoms with Gasteiger partial charge >= 0.3 is 0 Å². The highest BCUT2D eigenvalue weighted by molar-refractivity contribution is 6.31. The lowest BCUT2D eigenvalue weighted by Gasteiger charge is -2.13. The maximum Gasteiger partial charge on any atom is 0.139 e. The maximum atomic E-state index is 5.98. The third kappa shape index (κ3) is 3.41. The Bertz CT molecular complexity index is 429. The summed E-state index contributed by atoms with van der Waals surface area (Å²) in [5.41, 5.74) is 3.31. The molecule has 84 valence electrons. The van der Waals surface area contributed by atoms with E-state index >= 15 is 0 Å². The summed E-state index contributed by atoms with van der Waals surface area (Å²) >= 11 is 5.98. The molecule has 0 amide bonds. The Hall–Kier alpha value is -1.23. The van der Waals surface area contributed by atoms with Gasteiger partial charge < -0.3 is 4.90 Å². The summed E-state index contributed by atoms with van der Waals surface area (Å²) in [6.07, 6.45) is 5.27. The van der Waals surface area contributed by atoms with Gasteiger partial charge in [0.25, 0.3) is 0 Å². The Morgan fingerprint density at radius 1 is 1.56 bits per heavy atom. The molecule has 0 aliphatic heterocycles. The monoisotopic (exact) mass is 234 g/mol. The topological polar surface area (TPSA) is 4.44 Å². The summed E-state index contributed by atoms with van der Waals surface area (Å²) in [4.78, 5) is 1.26. The minimum absolute atomic E-state index is 0.714. The zero-order chi connectivity index (χ0) is 12.1. The highest BCUT2D eigenvalue weighted by Crippen LogP contribution is 2.19. The summed E-state index contributed by atoms with van der Waals surface area (Å²) < 4.78 is 0. The number of terminal acetylenes is 1. The van der Waals surface area contributed by atoms with Crippen LogP contribution in [-0.2, 0) is 0 Å². The van der Waals surface area contributed by atoms with Gasteiger partial charge in [0.15, 0.2) is 0 Å². The van der Waals surface area contributed by atoms with Gasteiger partial charge in [-0.1, -0.05) is 30.3 Å². The van der Waals surface area contributed by atoms with Crippen LogP contribution in [0.5, 0.6) is 0 Å². The number of aryl methyl sites for hydroxylation is 1. The molecule has 1 N–H and O–H groups in total. The molecule has 1 rings (SSSR count). The molecule has 2 heteroatoms. The molecule has 16 heavy (non-hydrogen) atoms. The molecule has 1 aromatic carbocycles. The number of rotatable bonds is 4. The SMILES string of the molecule is C#CC[NH+](C)CC(=C)c1ccc(Cl)c(C)c1. The van der Waals surface area contributed by atoms with Crippen molar-refractivity contribution in [3.05, 3.63) is 40.9 Å². The third-order valence-corrected chi connectivity index (χ3v) is 2.91. The average molecular weight is 235 g/mol. The molecule has 0 heterocycles. The van der Waals surface area contributed by atoms with Crippen molar-refractivity contribution in [1.82, 2.24) is 0 Å². The largest absolute Gasteiger partial charge is 0.324 e. The zero-order valence-corrected chi connectivity index (χ0v) is 10.6. The molecule has 0 aromatic heterocycles. The van der Waals surface area contributed by atoms with E-state index in [0.717, 1.165) is 28.3 Å². The number of hydrogen-bond donors (Lipinski definition) is 1. The van der Waals surface area contributed by atoms with Gasteiger partial charge in [-0.05, 0) is 30.0 Å². The molecule has 1 aromatic rings. The molecule has 0 aliphatic rings. The van der Waals surface area contributed by atoms with E-state index in [0.29, 0.717) is 6.54 Å². The summed E-state index contributed by atoms with van der Waals surface area (Å²) in [5.74, 6) is 2.65. The van der Waals surface area contributed by atoms with Gasteiger partial charge in [0.1, 0.15) is 13.1 Å². The van der Waals surface area contributed by atoms with Crippen LogP contribution in [0.2, 0.25) is 5.02 Å². The van der Waals surface area contributed by atoms with Crippen LogP contribution >= 0.6 is 11.6 Å². The van der Waals surface area contributed by atoms with Crippen molar-refractivity contribution in [1.29, 1.82) is 0 Å². The standard InChI is InChI=1S/C14H16ClN/c1-5-8-16(4)10-12(3)13-6-7-14(15)11(2)9-13/h1,6-7,9H,3,8,10H2,2,4H3/p+1. The average Bonchev–Trinajstić information content (AvgIpc) is 2.22. The smallest absolute Gasteiger partial charge is 0.139 e. The fourth-order valence-electron chi connectivity index (χ4n) is 1.57. The van der Waals surface area contributed by atoms with Crippen molar-refractivity contribution in [2.45, 2.75) is 6.92 Å². The molecular weight excluding hydrogens is 218 g/mol. The van der Waals surface area contributed by atoms with Crippen molar-refractivity contribution in [3.63, 3.8) is 0 Å². The lowest BCUT2D eigenvalue weighted by Crippen LogP contribution is -3.08. The molecule has 1 unspecified atom stereocenters. The lowest BCUT2D eigenvalue weighted by atomic mass is 10.0. The van der Waals surface area contributed by atoms with Gasteiger partial charge in [-0.25, -0.2) is 0 Å². The van der Waals surface area contributed by atoms with Crippen LogP contribution in [0.25, 0.3) is 5.57 Å². The number of benzene rings is 1. The Morgan fingerprint density at radius 3 is 2.81 bits per heavy atom. The first kappa shape index (κ1) is 12.8. The van der Waals surface area contributed by atoms with Gasteiger partial charge in [0, 0.05) is 10.6 Å². The lowest BCUT2D eigenvalue weighted by molar-refractivity contribution is -0.863. The first-order valence-electron chi connectivity index (χ1n) is 5.23. The molecule has 0 radical (unpaired) electrons. The minimum Gasteiger partial charge on any atom is -0.324 e. The number of nitrogens with one attached hydrogen (secondary N) is 1. The van der Waals surface area contributed by atoms with Crippen LogP contribution in [0.15, 0.2) is 24.8 Å². The van der Waals surface area contributed by atoms with Crippen LogP contribution in [0.1, 0.15) is 11.1 Å². The van der Waals surface area contributed by atoms with E-state index < -0.39 is 0 Å². The predicted octanol–water partition coefficient (Wildman–Crippen LogP) is 1.81. The van der Waals surface area contributed by atoms with Gasteiger partial charge in [-0.3, -0.25) is 0 Å². The highest BCUT2D eigenvalue weighted by Gasteiger charge is 2.06. The van der Waals surface area contributed by atoms with E-state index in [9.17, 15) is 0 Å². The van der Waals surface area contributed by atoms with E-state index in [1.165, 1.54) is 4.90 Å². The second-order valence-electron chi connectivity index (χ2n) is 4.08. The minimum atomic E-state index is 0.714. The first-order valence-corrected chi connectivity index (χ1v) is 5.61. The van der Waals surface area contributed by atoms with Crippen molar-refractivity contribution in [3.8, 4) is 12.3 Å². The normalized spacial score (nSPS) is 11.9. The van der Waals surface area contributed by atoms with E-state index in [1.807, 2.05) is 19.1 Å². The Morgan fingerprint density at radius 2 is 2.25 bits per heavy atom.